The van der Waals surface area contributed by atoms with E-state index in [-0.39, 0.29) is 0 Å². The minimum Gasteiger partial charge on any atom is -0.491 e. The maximum atomic E-state index is 10.2. The number of aryl methyl sites for hydroxylation is 1. The van der Waals surface area contributed by atoms with Gasteiger partial charge in [-0.15, -0.1) is 0 Å². The van der Waals surface area contributed by atoms with Crippen molar-refractivity contribution in [2.75, 3.05) is 20.2 Å². The van der Waals surface area contributed by atoms with Crippen LogP contribution in [0, 0.1) is 13.8 Å². The van der Waals surface area contributed by atoms with Crippen molar-refractivity contribution in [3.05, 3.63) is 89.5 Å². The van der Waals surface area contributed by atoms with Gasteiger partial charge in [0.15, 0.2) is 0 Å². The van der Waals surface area contributed by atoms with Crippen molar-refractivity contribution in [3.63, 3.8) is 0 Å². The molecular weight excluding hydrogens is 346 g/mol. The van der Waals surface area contributed by atoms with Gasteiger partial charge in [-0.25, -0.2) is 0 Å². The highest BCUT2D eigenvalue weighted by molar-refractivity contribution is 5.68. The molecule has 0 aliphatic heterocycles. The lowest BCUT2D eigenvalue weighted by Gasteiger charge is -2.21. The molecule has 3 aromatic carbocycles. The number of rotatable bonds is 8. The maximum Gasteiger partial charge on any atom is 0.119 e. The first-order valence-electron chi connectivity index (χ1n) is 9.73. The van der Waals surface area contributed by atoms with Gasteiger partial charge in [0, 0.05) is 13.1 Å². The average Bonchev–Trinajstić information content (AvgIpc) is 2.70. The smallest absolute Gasteiger partial charge is 0.119 e. The molecule has 0 amide bonds. The summed E-state index contributed by atoms with van der Waals surface area (Å²) >= 11 is 0. The second kappa shape index (κ2) is 9.54. The van der Waals surface area contributed by atoms with Gasteiger partial charge >= 0.3 is 0 Å². The largest absolute Gasteiger partial charge is 0.491 e. The molecule has 0 spiro atoms. The fraction of sp³-hybridized carbons (Fsp3) is 0.280. The van der Waals surface area contributed by atoms with Gasteiger partial charge in [0.25, 0.3) is 0 Å². The van der Waals surface area contributed by atoms with E-state index in [1.807, 2.05) is 37.4 Å². The summed E-state index contributed by atoms with van der Waals surface area (Å²) in [4.78, 5) is 2.12. The SMILES string of the molecule is Cc1cccc(-c2ccc(CN(C)CC(O)COc3ccccc3)cc2)c1C. The fourth-order valence-electron chi connectivity index (χ4n) is 3.35. The second-order valence-electron chi connectivity index (χ2n) is 7.42. The molecule has 0 aliphatic carbocycles. The van der Waals surface area contributed by atoms with E-state index < -0.39 is 6.10 Å². The highest BCUT2D eigenvalue weighted by atomic mass is 16.5. The highest BCUT2D eigenvalue weighted by Crippen LogP contribution is 2.25. The van der Waals surface area contributed by atoms with Crippen molar-refractivity contribution in [2.24, 2.45) is 0 Å². The van der Waals surface area contributed by atoms with Crippen LogP contribution in [0.25, 0.3) is 11.1 Å². The van der Waals surface area contributed by atoms with Gasteiger partial charge in [-0.1, -0.05) is 60.7 Å². The van der Waals surface area contributed by atoms with E-state index in [0.29, 0.717) is 13.2 Å². The molecular formula is C25H29NO2. The van der Waals surface area contributed by atoms with Crippen LogP contribution in [-0.4, -0.2) is 36.3 Å². The Morgan fingerprint density at radius 1 is 0.893 bits per heavy atom. The van der Waals surface area contributed by atoms with Crippen molar-refractivity contribution in [3.8, 4) is 16.9 Å². The molecule has 0 aliphatic rings. The molecule has 0 saturated heterocycles. The molecule has 3 nitrogen and oxygen atoms in total. The van der Waals surface area contributed by atoms with Gasteiger partial charge < -0.3 is 9.84 Å². The average molecular weight is 376 g/mol. The van der Waals surface area contributed by atoms with E-state index in [2.05, 4.69) is 61.2 Å². The minimum atomic E-state index is -0.528. The van der Waals surface area contributed by atoms with Gasteiger partial charge in [0.1, 0.15) is 18.5 Å². The van der Waals surface area contributed by atoms with Crippen LogP contribution in [-0.2, 0) is 6.54 Å². The number of aliphatic hydroxyl groups is 1. The molecule has 0 fully saturated rings. The van der Waals surface area contributed by atoms with E-state index in [0.717, 1.165) is 12.3 Å². The third-order valence-corrected chi connectivity index (χ3v) is 5.03. The Morgan fingerprint density at radius 3 is 2.32 bits per heavy atom. The van der Waals surface area contributed by atoms with E-state index in [4.69, 9.17) is 4.74 Å². The first-order chi connectivity index (χ1) is 13.5. The lowest BCUT2D eigenvalue weighted by Crippen LogP contribution is -2.32. The van der Waals surface area contributed by atoms with Crippen LogP contribution in [0.2, 0.25) is 0 Å². The van der Waals surface area contributed by atoms with Crippen molar-refractivity contribution in [1.82, 2.24) is 4.90 Å². The number of likely N-dealkylation sites (N-methyl/N-ethyl adjacent to an activating group) is 1. The Balaban J connectivity index is 1.52. The maximum absolute atomic E-state index is 10.2. The molecule has 0 heterocycles. The summed E-state index contributed by atoms with van der Waals surface area (Å²) in [5, 5.41) is 10.2. The number of nitrogens with zero attached hydrogens (tertiary/aromatic N) is 1. The van der Waals surface area contributed by atoms with Crippen molar-refractivity contribution < 1.29 is 9.84 Å². The van der Waals surface area contributed by atoms with Gasteiger partial charge in [0.05, 0.1) is 0 Å². The zero-order valence-corrected chi connectivity index (χ0v) is 16.9. The zero-order valence-electron chi connectivity index (χ0n) is 16.9. The predicted molar refractivity (Wildman–Crippen MR) is 116 cm³/mol. The van der Waals surface area contributed by atoms with Crippen LogP contribution in [0.15, 0.2) is 72.8 Å². The molecule has 3 heteroatoms. The Morgan fingerprint density at radius 2 is 1.61 bits per heavy atom. The molecule has 3 aromatic rings. The minimum absolute atomic E-state index is 0.292. The van der Waals surface area contributed by atoms with Crippen LogP contribution in [0.5, 0.6) is 5.75 Å². The van der Waals surface area contributed by atoms with Crippen molar-refractivity contribution in [2.45, 2.75) is 26.5 Å². The number of ether oxygens (including phenoxy) is 1. The first kappa shape index (κ1) is 20.1. The summed E-state index contributed by atoms with van der Waals surface area (Å²) in [5.74, 6) is 0.784. The molecule has 1 unspecified atom stereocenters. The Bertz CT molecular complexity index is 875. The standard InChI is InChI=1S/C25H29NO2/c1-19-8-7-11-25(20(19)2)22-14-12-21(13-15-22)16-26(3)17-23(27)18-28-24-9-5-4-6-10-24/h4-15,23,27H,16-18H2,1-3H3. The normalized spacial score (nSPS) is 12.2. The summed E-state index contributed by atoms with van der Waals surface area (Å²) in [5.41, 5.74) is 6.40. The fourth-order valence-corrected chi connectivity index (χ4v) is 3.35. The first-order valence-corrected chi connectivity index (χ1v) is 9.73. The lowest BCUT2D eigenvalue weighted by atomic mass is 9.96. The third-order valence-electron chi connectivity index (χ3n) is 5.03. The molecule has 1 atom stereocenters. The number of hydrogen-bond acceptors (Lipinski definition) is 3. The summed E-state index contributed by atoms with van der Waals surface area (Å²) < 4.78 is 5.63. The molecule has 0 radical (unpaired) electrons. The van der Waals surface area contributed by atoms with Crippen LogP contribution >= 0.6 is 0 Å². The molecule has 1 N–H and O–H groups in total. The number of para-hydroxylation sites is 1. The number of hydrogen-bond donors (Lipinski definition) is 1. The summed E-state index contributed by atoms with van der Waals surface area (Å²) in [6.07, 6.45) is -0.528. The quantitative estimate of drug-likeness (QED) is 0.611. The monoisotopic (exact) mass is 375 g/mol. The number of benzene rings is 3. The molecule has 0 bridgehead atoms. The van der Waals surface area contributed by atoms with Crippen molar-refractivity contribution in [1.29, 1.82) is 0 Å². The van der Waals surface area contributed by atoms with E-state index in [1.165, 1.54) is 27.8 Å². The predicted octanol–water partition coefficient (Wildman–Crippen LogP) is 4.84. The van der Waals surface area contributed by atoms with Crippen LogP contribution in [0.1, 0.15) is 16.7 Å². The van der Waals surface area contributed by atoms with Gasteiger partial charge in [-0.3, -0.25) is 4.90 Å². The molecule has 0 aromatic heterocycles. The van der Waals surface area contributed by atoms with E-state index in [1.54, 1.807) is 0 Å². The van der Waals surface area contributed by atoms with Gasteiger partial charge in [0.2, 0.25) is 0 Å². The van der Waals surface area contributed by atoms with Crippen molar-refractivity contribution >= 4 is 0 Å². The zero-order chi connectivity index (χ0) is 19.9. The second-order valence-corrected chi connectivity index (χ2v) is 7.42. The van der Waals surface area contributed by atoms with Gasteiger partial charge in [-0.2, -0.15) is 0 Å². The molecule has 0 saturated carbocycles. The Labute approximate surface area is 168 Å². The highest BCUT2D eigenvalue weighted by Gasteiger charge is 2.10. The van der Waals surface area contributed by atoms with Gasteiger partial charge in [-0.05, 0) is 60.8 Å². The third kappa shape index (κ3) is 5.44. The summed E-state index contributed by atoms with van der Waals surface area (Å²) in [6, 6.07) is 24.7. The van der Waals surface area contributed by atoms with Crippen LogP contribution in [0.4, 0.5) is 0 Å². The van der Waals surface area contributed by atoms with E-state index in [9.17, 15) is 5.11 Å². The lowest BCUT2D eigenvalue weighted by molar-refractivity contribution is 0.0744. The molecule has 146 valence electrons. The van der Waals surface area contributed by atoms with E-state index >= 15 is 0 Å². The number of aliphatic hydroxyl groups excluding tert-OH is 1. The summed E-state index contributed by atoms with van der Waals surface area (Å²) in [6.45, 7) is 5.96. The molecule has 3 rings (SSSR count). The van der Waals surface area contributed by atoms with Crippen LogP contribution in [0.3, 0.4) is 0 Å². The Kier molecular flexibility index (Phi) is 6.85. The molecule has 28 heavy (non-hydrogen) atoms. The Hall–Kier alpha value is -2.62. The van der Waals surface area contributed by atoms with Crippen LogP contribution < -0.4 is 4.74 Å². The summed E-state index contributed by atoms with van der Waals surface area (Å²) in [7, 11) is 2.02. The topological polar surface area (TPSA) is 32.7 Å².